The first-order chi connectivity index (χ1) is 11.3. The van der Waals surface area contributed by atoms with Gasteiger partial charge in [0.25, 0.3) is 5.91 Å². The van der Waals surface area contributed by atoms with Gasteiger partial charge >= 0.3 is 5.51 Å². The maximum Gasteiger partial charge on any atom is 0.446 e. The molecular weight excluding hydrogens is 345 g/mol. The van der Waals surface area contributed by atoms with E-state index in [0.29, 0.717) is 38.1 Å². The van der Waals surface area contributed by atoms with Crippen molar-refractivity contribution in [1.29, 1.82) is 0 Å². The number of rotatable bonds is 7. The summed E-state index contributed by atoms with van der Waals surface area (Å²) >= 11 is -0.207. The lowest BCUT2D eigenvalue weighted by atomic mass is 10.0. The van der Waals surface area contributed by atoms with Crippen LogP contribution in [0, 0.1) is 0 Å². The minimum atomic E-state index is -4.40. The highest BCUT2D eigenvalue weighted by Gasteiger charge is 2.34. The van der Waals surface area contributed by atoms with E-state index in [1.807, 2.05) is 6.92 Å². The monoisotopic (exact) mass is 364 g/mol. The zero-order chi connectivity index (χ0) is 17.7. The predicted octanol–water partition coefficient (Wildman–Crippen LogP) is 3.17. The van der Waals surface area contributed by atoms with E-state index in [-0.39, 0.29) is 22.4 Å². The van der Waals surface area contributed by atoms with E-state index >= 15 is 0 Å². The molecule has 1 aliphatic heterocycles. The summed E-state index contributed by atoms with van der Waals surface area (Å²) in [7, 11) is 0. The van der Waals surface area contributed by atoms with Crippen LogP contribution in [0.2, 0.25) is 0 Å². The van der Waals surface area contributed by atoms with E-state index in [9.17, 15) is 18.0 Å². The molecule has 1 fully saturated rings. The molecule has 134 valence electrons. The van der Waals surface area contributed by atoms with Crippen LogP contribution in [0.4, 0.5) is 13.2 Å². The number of hydrogen-bond acceptors (Lipinski definition) is 5. The van der Waals surface area contributed by atoms with Gasteiger partial charge in [0.1, 0.15) is 5.75 Å². The number of carbonyl (C=O) groups is 1. The second-order valence-corrected chi connectivity index (χ2v) is 6.54. The Balaban J connectivity index is 2.13. The molecule has 5 nitrogen and oxygen atoms in total. The molecule has 0 saturated carbocycles. The van der Waals surface area contributed by atoms with Crippen LogP contribution >= 0.6 is 11.8 Å². The zero-order valence-corrected chi connectivity index (χ0v) is 13.9. The van der Waals surface area contributed by atoms with Crippen LogP contribution in [0.1, 0.15) is 25.3 Å². The summed E-state index contributed by atoms with van der Waals surface area (Å²) in [5.41, 5.74) is -2.15. The van der Waals surface area contributed by atoms with Gasteiger partial charge in [-0.2, -0.15) is 13.2 Å². The molecule has 1 saturated heterocycles. The molecule has 1 unspecified atom stereocenters. The summed E-state index contributed by atoms with van der Waals surface area (Å²) in [6.07, 6.45) is 1.30. The number of thioether (sulfide) groups is 1. The van der Waals surface area contributed by atoms with Crippen LogP contribution in [0.3, 0.4) is 0 Å². The maximum absolute atomic E-state index is 12.7. The van der Waals surface area contributed by atoms with E-state index in [4.69, 9.17) is 9.94 Å². The van der Waals surface area contributed by atoms with Crippen molar-refractivity contribution in [2.45, 2.75) is 42.8 Å². The highest BCUT2D eigenvalue weighted by atomic mass is 32.2. The summed E-state index contributed by atoms with van der Waals surface area (Å²) in [6.45, 7) is 3.20. The molecule has 0 spiro atoms. The van der Waals surface area contributed by atoms with Gasteiger partial charge in [0.2, 0.25) is 0 Å². The first-order valence-electron chi connectivity index (χ1n) is 7.53. The highest BCUT2D eigenvalue weighted by molar-refractivity contribution is 8.00. The molecule has 0 bridgehead atoms. The molecule has 1 aliphatic rings. The van der Waals surface area contributed by atoms with Crippen LogP contribution in [0.25, 0.3) is 0 Å². The molecule has 1 amide bonds. The molecular formula is C15H19F3N2O3S. The lowest BCUT2D eigenvalue weighted by Crippen LogP contribution is -2.54. The minimum Gasteiger partial charge on any atom is -0.492 e. The van der Waals surface area contributed by atoms with Crippen molar-refractivity contribution in [2.75, 3.05) is 13.2 Å². The second-order valence-electron chi connectivity index (χ2n) is 5.43. The quantitative estimate of drug-likeness (QED) is 0.442. The van der Waals surface area contributed by atoms with Gasteiger partial charge in [0, 0.05) is 13.1 Å². The van der Waals surface area contributed by atoms with Gasteiger partial charge in [0.05, 0.1) is 17.5 Å². The Labute approximate surface area is 142 Å². The average molecular weight is 364 g/mol. The van der Waals surface area contributed by atoms with Gasteiger partial charge in [-0.1, -0.05) is 13.0 Å². The fourth-order valence-electron chi connectivity index (χ4n) is 2.42. The fourth-order valence-corrected chi connectivity index (χ4v) is 3.11. The van der Waals surface area contributed by atoms with Crippen LogP contribution in [0.15, 0.2) is 23.1 Å². The maximum atomic E-state index is 12.7. The van der Waals surface area contributed by atoms with Gasteiger partial charge < -0.3 is 4.74 Å². The Bertz CT molecular complexity index is 584. The van der Waals surface area contributed by atoms with Gasteiger partial charge in [-0.3, -0.25) is 14.9 Å². The Hall–Kier alpha value is -1.45. The number of halogens is 3. The van der Waals surface area contributed by atoms with Crippen LogP contribution in [-0.2, 0) is 11.3 Å². The number of hydroxylamine groups is 1. The molecule has 0 aromatic heterocycles. The van der Waals surface area contributed by atoms with Crippen molar-refractivity contribution in [3.63, 3.8) is 0 Å². The minimum absolute atomic E-state index is 0.0112. The average Bonchev–Trinajstić information content (AvgIpc) is 2.49. The standard InChI is InChI=1S/C15H19F3N2O3S/c1-2-7-23-12-4-3-10(8-13(12)24-15(16,17)18)9-20-6-5-11(20)14(21)19-22/h3-4,8,11,22H,2,5-7,9H2,1H3,(H,19,21). The van der Waals surface area contributed by atoms with Crippen molar-refractivity contribution in [3.05, 3.63) is 23.8 Å². The third-order valence-electron chi connectivity index (χ3n) is 3.62. The highest BCUT2D eigenvalue weighted by Crippen LogP contribution is 2.42. The Morgan fingerprint density at radius 1 is 1.50 bits per heavy atom. The summed E-state index contributed by atoms with van der Waals surface area (Å²) in [5, 5.41) is 8.67. The van der Waals surface area contributed by atoms with E-state index in [1.165, 1.54) is 12.1 Å². The molecule has 9 heteroatoms. The normalized spacial score (nSPS) is 18.1. The summed E-state index contributed by atoms with van der Waals surface area (Å²) in [4.78, 5) is 13.2. The number of ether oxygens (including phenoxy) is 1. The molecule has 1 heterocycles. The van der Waals surface area contributed by atoms with E-state index in [0.717, 1.165) is 0 Å². The number of benzene rings is 1. The SMILES string of the molecule is CCCOc1ccc(CN2CCC2C(=O)NO)cc1SC(F)(F)F. The third kappa shape index (κ3) is 5.02. The van der Waals surface area contributed by atoms with E-state index in [1.54, 1.807) is 16.4 Å². The molecule has 2 rings (SSSR count). The smallest absolute Gasteiger partial charge is 0.446 e. The largest absolute Gasteiger partial charge is 0.492 e. The molecule has 1 aromatic rings. The second kappa shape index (κ2) is 8.09. The van der Waals surface area contributed by atoms with Crippen molar-refractivity contribution >= 4 is 17.7 Å². The predicted molar refractivity (Wildman–Crippen MR) is 82.9 cm³/mol. The molecule has 1 atom stereocenters. The number of nitrogens with zero attached hydrogens (tertiary/aromatic N) is 1. The van der Waals surface area contributed by atoms with Crippen molar-refractivity contribution in [1.82, 2.24) is 10.4 Å². The van der Waals surface area contributed by atoms with Gasteiger partial charge in [-0.05, 0) is 42.3 Å². The number of amides is 1. The number of carbonyl (C=O) groups excluding carboxylic acids is 1. The van der Waals surface area contributed by atoms with Crippen LogP contribution in [0.5, 0.6) is 5.75 Å². The summed E-state index contributed by atoms with van der Waals surface area (Å²) in [5.74, 6) is -0.301. The number of alkyl halides is 3. The number of hydrogen-bond donors (Lipinski definition) is 2. The summed E-state index contributed by atoms with van der Waals surface area (Å²) in [6, 6.07) is 4.21. The first kappa shape index (κ1) is 18.9. The molecule has 0 radical (unpaired) electrons. The third-order valence-corrected chi connectivity index (χ3v) is 4.39. The molecule has 24 heavy (non-hydrogen) atoms. The van der Waals surface area contributed by atoms with Crippen molar-refractivity contribution in [3.8, 4) is 5.75 Å². The molecule has 2 N–H and O–H groups in total. The zero-order valence-electron chi connectivity index (χ0n) is 13.1. The topological polar surface area (TPSA) is 61.8 Å². The number of nitrogens with one attached hydrogen (secondary N) is 1. The lowest BCUT2D eigenvalue weighted by molar-refractivity contribution is -0.139. The van der Waals surface area contributed by atoms with Crippen molar-refractivity contribution < 1.29 is 27.9 Å². The summed E-state index contributed by atoms with van der Waals surface area (Å²) < 4.78 is 43.6. The van der Waals surface area contributed by atoms with Gasteiger partial charge in [-0.25, -0.2) is 5.48 Å². The van der Waals surface area contributed by atoms with E-state index < -0.39 is 17.5 Å². The van der Waals surface area contributed by atoms with Crippen LogP contribution in [-0.4, -0.2) is 40.7 Å². The Morgan fingerprint density at radius 2 is 2.25 bits per heavy atom. The molecule has 0 aliphatic carbocycles. The molecule has 1 aromatic carbocycles. The lowest BCUT2D eigenvalue weighted by Gasteiger charge is -2.39. The van der Waals surface area contributed by atoms with Gasteiger partial charge in [-0.15, -0.1) is 0 Å². The Morgan fingerprint density at radius 3 is 2.79 bits per heavy atom. The Kier molecular flexibility index (Phi) is 6.36. The van der Waals surface area contributed by atoms with E-state index in [2.05, 4.69) is 0 Å². The van der Waals surface area contributed by atoms with Crippen molar-refractivity contribution in [2.24, 2.45) is 0 Å². The first-order valence-corrected chi connectivity index (χ1v) is 8.35. The van der Waals surface area contributed by atoms with Crippen LogP contribution < -0.4 is 10.2 Å². The van der Waals surface area contributed by atoms with Gasteiger partial charge in [0.15, 0.2) is 0 Å². The number of likely N-dealkylation sites (tertiary alicyclic amines) is 1. The fraction of sp³-hybridized carbons (Fsp3) is 0.533.